The molecule has 2 aliphatic rings. The number of benzene rings is 3. The summed E-state index contributed by atoms with van der Waals surface area (Å²) in [5.74, 6) is 0.827. The second kappa shape index (κ2) is 9.96. The molecule has 3 aromatic carbocycles. The Morgan fingerprint density at radius 2 is 1.67 bits per heavy atom. The van der Waals surface area contributed by atoms with E-state index in [2.05, 4.69) is 91.6 Å². The van der Waals surface area contributed by atoms with Gasteiger partial charge in [-0.25, -0.2) is 9.97 Å². The second-order valence-corrected chi connectivity index (χ2v) is 10.2. The van der Waals surface area contributed by atoms with Crippen molar-refractivity contribution in [2.45, 2.75) is 18.9 Å². The molecule has 2 fully saturated rings. The van der Waals surface area contributed by atoms with Crippen LogP contribution in [0.5, 0.6) is 0 Å². The predicted molar refractivity (Wildman–Crippen MR) is 150 cm³/mol. The molecule has 1 atom stereocenters. The Morgan fingerprint density at radius 1 is 0.861 bits per heavy atom. The first kappa shape index (κ1) is 23.1. The Hall–Kier alpha value is -3.35. The van der Waals surface area contributed by atoms with E-state index in [1.807, 2.05) is 12.1 Å². The molecule has 184 valence electrons. The van der Waals surface area contributed by atoms with E-state index in [0.29, 0.717) is 6.04 Å². The lowest BCUT2D eigenvalue weighted by Gasteiger charge is -2.34. The van der Waals surface area contributed by atoms with E-state index in [-0.39, 0.29) is 0 Å². The summed E-state index contributed by atoms with van der Waals surface area (Å²) in [5.41, 5.74) is 5.68. The molecular weight excluding hydrogens is 468 g/mol. The number of nitrogens with one attached hydrogen (secondary N) is 1. The molecule has 7 heteroatoms. The van der Waals surface area contributed by atoms with Crippen molar-refractivity contribution in [3.8, 4) is 0 Å². The maximum absolute atomic E-state index is 6.30. The smallest absolute Gasteiger partial charge is 0.141 e. The van der Waals surface area contributed by atoms with Gasteiger partial charge in [0.15, 0.2) is 0 Å². The number of nitrogens with zero attached hydrogens (tertiary/aromatic N) is 5. The fraction of sp³-hybridized carbons (Fsp3) is 0.310. The van der Waals surface area contributed by atoms with Crippen LogP contribution in [0.2, 0.25) is 5.02 Å². The lowest BCUT2D eigenvalue weighted by atomic mass is 10.0. The molecule has 0 amide bonds. The minimum atomic E-state index is 0.323. The lowest BCUT2D eigenvalue weighted by molar-refractivity contribution is 0.313. The molecule has 2 saturated heterocycles. The standard InChI is InChI=1S/C29H31ClN6/c1-34-14-16-35(17-15-34)24-9-7-23(8-10-24)33-29-26-19-25(11-12-27(26)31-20-32-29)36-13-3-6-28(36)21-4-2-5-22(30)18-21/h2,4-5,7-12,18-20,28H,3,6,13-17H2,1H3,(H,31,32,33). The van der Waals surface area contributed by atoms with Gasteiger partial charge in [-0.3, -0.25) is 0 Å². The summed E-state index contributed by atoms with van der Waals surface area (Å²) >= 11 is 6.30. The van der Waals surface area contributed by atoms with Crippen LogP contribution in [0.4, 0.5) is 22.9 Å². The van der Waals surface area contributed by atoms with Crippen molar-refractivity contribution in [1.82, 2.24) is 14.9 Å². The predicted octanol–water partition coefficient (Wildman–Crippen LogP) is 6.12. The van der Waals surface area contributed by atoms with Crippen LogP contribution in [-0.2, 0) is 0 Å². The van der Waals surface area contributed by atoms with Crippen molar-refractivity contribution in [3.63, 3.8) is 0 Å². The van der Waals surface area contributed by atoms with Crippen LogP contribution in [0.25, 0.3) is 10.9 Å². The number of hydrogen-bond acceptors (Lipinski definition) is 6. The summed E-state index contributed by atoms with van der Waals surface area (Å²) in [4.78, 5) is 16.4. The van der Waals surface area contributed by atoms with Gasteiger partial charge in [-0.05, 0) is 80.1 Å². The Bertz CT molecular complexity index is 1350. The Kier molecular flexibility index (Phi) is 6.38. The van der Waals surface area contributed by atoms with Gasteiger partial charge in [0.25, 0.3) is 0 Å². The van der Waals surface area contributed by atoms with E-state index < -0.39 is 0 Å². The maximum atomic E-state index is 6.30. The zero-order chi connectivity index (χ0) is 24.5. The summed E-state index contributed by atoms with van der Waals surface area (Å²) in [6, 6.07) is 23.7. The fourth-order valence-corrected chi connectivity index (χ4v) is 5.61. The highest BCUT2D eigenvalue weighted by Gasteiger charge is 2.27. The van der Waals surface area contributed by atoms with Crippen LogP contribution < -0.4 is 15.1 Å². The molecule has 6 rings (SSSR count). The fourth-order valence-electron chi connectivity index (χ4n) is 5.42. The topological polar surface area (TPSA) is 47.5 Å². The van der Waals surface area contributed by atoms with Gasteiger partial charge in [0.2, 0.25) is 0 Å². The first-order valence-electron chi connectivity index (χ1n) is 12.7. The van der Waals surface area contributed by atoms with E-state index in [4.69, 9.17) is 11.6 Å². The molecule has 0 spiro atoms. The molecule has 0 radical (unpaired) electrons. The van der Waals surface area contributed by atoms with Gasteiger partial charge in [-0.1, -0.05) is 23.7 Å². The van der Waals surface area contributed by atoms with Crippen molar-refractivity contribution >= 4 is 45.4 Å². The van der Waals surface area contributed by atoms with Gasteiger partial charge in [-0.15, -0.1) is 0 Å². The van der Waals surface area contributed by atoms with Gasteiger partial charge in [0, 0.05) is 60.2 Å². The van der Waals surface area contributed by atoms with E-state index in [1.54, 1.807) is 6.33 Å². The van der Waals surface area contributed by atoms with Crippen molar-refractivity contribution in [3.05, 3.63) is 83.6 Å². The van der Waals surface area contributed by atoms with E-state index in [9.17, 15) is 0 Å². The summed E-state index contributed by atoms with van der Waals surface area (Å²) in [6.45, 7) is 5.35. The highest BCUT2D eigenvalue weighted by Crippen LogP contribution is 2.38. The minimum Gasteiger partial charge on any atom is -0.369 e. The third kappa shape index (κ3) is 4.71. The van der Waals surface area contributed by atoms with Crippen molar-refractivity contribution in [2.24, 2.45) is 0 Å². The van der Waals surface area contributed by atoms with Gasteiger partial charge in [0.1, 0.15) is 12.1 Å². The average Bonchev–Trinajstić information content (AvgIpc) is 3.40. The van der Waals surface area contributed by atoms with Gasteiger partial charge >= 0.3 is 0 Å². The van der Waals surface area contributed by atoms with Crippen LogP contribution in [0, 0.1) is 0 Å². The number of piperazine rings is 1. The molecule has 1 unspecified atom stereocenters. The monoisotopic (exact) mass is 498 g/mol. The number of likely N-dealkylation sites (N-methyl/N-ethyl adjacent to an activating group) is 1. The van der Waals surface area contributed by atoms with Crippen LogP contribution in [0.3, 0.4) is 0 Å². The van der Waals surface area contributed by atoms with Crippen LogP contribution >= 0.6 is 11.6 Å². The van der Waals surface area contributed by atoms with Crippen LogP contribution in [-0.4, -0.2) is 54.6 Å². The van der Waals surface area contributed by atoms with E-state index in [1.165, 1.54) is 16.9 Å². The van der Waals surface area contributed by atoms with Crippen molar-refractivity contribution < 1.29 is 0 Å². The highest BCUT2D eigenvalue weighted by molar-refractivity contribution is 6.30. The third-order valence-electron chi connectivity index (χ3n) is 7.44. The summed E-state index contributed by atoms with van der Waals surface area (Å²) in [7, 11) is 2.18. The van der Waals surface area contributed by atoms with Crippen molar-refractivity contribution in [1.29, 1.82) is 0 Å². The zero-order valence-corrected chi connectivity index (χ0v) is 21.3. The number of fused-ring (bicyclic) bond motifs is 1. The van der Waals surface area contributed by atoms with Crippen LogP contribution in [0.1, 0.15) is 24.4 Å². The van der Waals surface area contributed by atoms with E-state index in [0.717, 1.165) is 73.0 Å². The summed E-state index contributed by atoms with van der Waals surface area (Å²) < 4.78 is 0. The Labute approximate surface area is 217 Å². The minimum absolute atomic E-state index is 0.323. The molecule has 36 heavy (non-hydrogen) atoms. The first-order valence-corrected chi connectivity index (χ1v) is 13.1. The number of rotatable bonds is 5. The number of anilines is 4. The molecule has 4 aromatic rings. The Morgan fingerprint density at radius 3 is 2.47 bits per heavy atom. The first-order chi connectivity index (χ1) is 17.6. The lowest BCUT2D eigenvalue weighted by Crippen LogP contribution is -2.44. The molecule has 1 N–H and O–H groups in total. The zero-order valence-electron chi connectivity index (χ0n) is 20.6. The molecule has 0 aliphatic carbocycles. The molecular formula is C29H31ClN6. The number of aromatic nitrogens is 2. The molecule has 0 bridgehead atoms. The van der Waals surface area contributed by atoms with Gasteiger partial charge in [0.05, 0.1) is 11.6 Å². The molecule has 1 aromatic heterocycles. The highest BCUT2D eigenvalue weighted by atomic mass is 35.5. The average molecular weight is 499 g/mol. The van der Waals surface area contributed by atoms with Crippen LogP contribution in [0.15, 0.2) is 73.1 Å². The molecule has 2 aliphatic heterocycles. The summed E-state index contributed by atoms with van der Waals surface area (Å²) in [6.07, 6.45) is 3.91. The summed E-state index contributed by atoms with van der Waals surface area (Å²) in [5, 5.41) is 5.35. The number of halogens is 1. The quantitative estimate of drug-likeness (QED) is 0.357. The van der Waals surface area contributed by atoms with Gasteiger partial charge < -0.3 is 20.0 Å². The molecule has 0 saturated carbocycles. The second-order valence-electron chi connectivity index (χ2n) is 9.79. The molecule has 3 heterocycles. The Balaban J connectivity index is 1.25. The molecule has 6 nitrogen and oxygen atoms in total. The normalized spacial score (nSPS) is 18.7. The van der Waals surface area contributed by atoms with Crippen molar-refractivity contribution in [2.75, 3.05) is 54.9 Å². The maximum Gasteiger partial charge on any atom is 0.141 e. The number of hydrogen-bond donors (Lipinski definition) is 1. The van der Waals surface area contributed by atoms with Gasteiger partial charge in [-0.2, -0.15) is 0 Å². The van der Waals surface area contributed by atoms with E-state index >= 15 is 0 Å². The third-order valence-corrected chi connectivity index (χ3v) is 7.67. The largest absolute Gasteiger partial charge is 0.369 e. The SMILES string of the molecule is CN1CCN(c2ccc(Nc3ncnc4ccc(N5CCCC5c5cccc(Cl)c5)cc34)cc2)CC1.